The zero-order valence-corrected chi connectivity index (χ0v) is 28.4. The molecule has 0 bridgehead atoms. The van der Waals surface area contributed by atoms with Crippen molar-refractivity contribution >= 4 is 43.1 Å². The predicted octanol–water partition coefficient (Wildman–Crippen LogP) is 13.4. The summed E-state index contributed by atoms with van der Waals surface area (Å²) in [6.45, 7) is 0. The van der Waals surface area contributed by atoms with E-state index in [1.165, 1.54) is 59.8 Å². The average molecular weight is 661 g/mol. The van der Waals surface area contributed by atoms with E-state index in [1.807, 2.05) is 18.2 Å². The van der Waals surface area contributed by atoms with Crippen molar-refractivity contribution in [2.75, 3.05) is 0 Å². The van der Waals surface area contributed by atoms with E-state index in [1.54, 1.807) is 0 Å². The zero-order chi connectivity index (χ0) is 34.4. The van der Waals surface area contributed by atoms with E-state index in [9.17, 15) is 0 Å². The van der Waals surface area contributed by atoms with Gasteiger partial charge in [-0.1, -0.05) is 182 Å². The van der Waals surface area contributed by atoms with E-state index < -0.39 is 0 Å². The van der Waals surface area contributed by atoms with Gasteiger partial charge < -0.3 is 0 Å². The number of fused-ring (bicyclic) bond motifs is 5. The van der Waals surface area contributed by atoms with Crippen LogP contribution in [0, 0.1) is 0 Å². The van der Waals surface area contributed by atoms with Crippen LogP contribution < -0.4 is 0 Å². The molecular weight excluding hydrogens is 629 g/mol. The molecule has 0 fully saturated rings. The molecule has 0 aliphatic rings. The molecule has 0 saturated heterocycles. The minimum absolute atomic E-state index is 0.717. The zero-order valence-electron chi connectivity index (χ0n) is 28.4. The monoisotopic (exact) mass is 660 g/mol. The first kappa shape index (κ1) is 30.0. The molecule has 0 aliphatic carbocycles. The maximum atomic E-state index is 5.09. The van der Waals surface area contributed by atoms with Crippen LogP contribution in [0.2, 0.25) is 0 Å². The van der Waals surface area contributed by atoms with Gasteiger partial charge in [0.1, 0.15) is 0 Å². The van der Waals surface area contributed by atoms with Gasteiger partial charge in [-0.25, -0.2) is 9.97 Å². The molecule has 10 aromatic rings. The summed E-state index contributed by atoms with van der Waals surface area (Å²) in [4.78, 5) is 10.2. The Hall–Kier alpha value is -6.90. The van der Waals surface area contributed by atoms with Gasteiger partial charge in [0.15, 0.2) is 5.82 Å². The summed E-state index contributed by atoms with van der Waals surface area (Å²) < 4.78 is 0. The van der Waals surface area contributed by atoms with Crippen molar-refractivity contribution in [3.05, 3.63) is 194 Å². The topological polar surface area (TPSA) is 25.8 Å². The molecule has 9 aromatic carbocycles. The fourth-order valence-electron chi connectivity index (χ4n) is 7.69. The lowest BCUT2D eigenvalue weighted by Gasteiger charge is -2.14. The lowest BCUT2D eigenvalue weighted by Crippen LogP contribution is -1.96. The summed E-state index contributed by atoms with van der Waals surface area (Å²) in [6, 6.07) is 69.3. The van der Waals surface area contributed by atoms with Crippen LogP contribution in [0.15, 0.2) is 194 Å². The van der Waals surface area contributed by atoms with E-state index in [0.29, 0.717) is 0 Å². The molecule has 2 nitrogen and oxygen atoms in total. The summed E-state index contributed by atoms with van der Waals surface area (Å²) >= 11 is 0. The Labute approximate surface area is 302 Å². The van der Waals surface area contributed by atoms with Gasteiger partial charge in [0.2, 0.25) is 0 Å². The minimum atomic E-state index is 0.717. The Morgan fingerprint density at radius 3 is 1.58 bits per heavy atom. The summed E-state index contributed by atoms with van der Waals surface area (Å²) in [5.74, 6) is 0.717. The second kappa shape index (κ2) is 12.5. The van der Waals surface area contributed by atoms with Crippen molar-refractivity contribution in [1.29, 1.82) is 0 Å². The largest absolute Gasteiger partial charge is 0.228 e. The number of hydrogen-bond acceptors (Lipinski definition) is 2. The van der Waals surface area contributed by atoms with Crippen LogP contribution in [-0.2, 0) is 0 Å². The van der Waals surface area contributed by atoms with Crippen molar-refractivity contribution in [1.82, 2.24) is 9.97 Å². The molecule has 0 atom stereocenters. The van der Waals surface area contributed by atoms with Gasteiger partial charge in [0.25, 0.3) is 0 Å². The molecule has 0 amide bonds. The smallest absolute Gasteiger partial charge is 0.160 e. The summed E-state index contributed by atoms with van der Waals surface area (Å²) in [6.07, 6.45) is 0. The molecule has 0 N–H and O–H groups in total. The lowest BCUT2D eigenvalue weighted by molar-refractivity contribution is 1.18. The maximum Gasteiger partial charge on any atom is 0.160 e. The first-order chi connectivity index (χ1) is 25.8. The molecule has 0 radical (unpaired) electrons. The van der Waals surface area contributed by atoms with Crippen LogP contribution in [0.1, 0.15) is 0 Å². The van der Waals surface area contributed by atoms with Crippen molar-refractivity contribution in [3.8, 4) is 56.2 Å². The van der Waals surface area contributed by atoms with Gasteiger partial charge in [-0.3, -0.25) is 0 Å². The fraction of sp³-hybridized carbons (Fsp3) is 0. The van der Waals surface area contributed by atoms with Crippen LogP contribution in [0.4, 0.5) is 0 Å². The molecule has 1 aromatic heterocycles. The number of aromatic nitrogens is 2. The summed E-state index contributed by atoms with van der Waals surface area (Å²) in [5.41, 5.74) is 9.79. The van der Waals surface area contributed by atoms with Crippen molar-refractivity contribution in [2.45, 2.75) is 0 Å². The molecule has 0 spiro atoms. The first-order valence-electron chi connectivity index (χ1n) is 17.7. The molecule has 1 heterocycles. The highest BCUT2D eigenvalue weighted by Gasteiger charge is 2.15. The molecule has 0 unspecified atom stereocenters. The van der Waals surface area contributed by atoms with Gasteiger partial charge in [-0.05, 0) is 77.5 Å². The summed E-state index contributed by atoms with van der Waals surface area (Å²) in [7, 11) is 0. The SMILES string of the molecule is c1ccc(-c2nc(-c3ccc(-c4ccc(-c5c6ccccc6cc6c5ccc5ccccc56)cc4)cc3)cc(-c3cccc4ccccc34)n2)cc1. The molecule has 10 rings (SSSR count). The normalized spacial score (nSPS) is 11.5. The van der Waals surface area contributed by atoms with Gasteiger partial charge in [-0.2, -0.15) is 0 Å². The van der Waals surface area contributed by atoms with Crippen molar-refractivity contribution in [2.24, 2.45) is 0 Å². The maximum absolute atomic E-state index is 5.09. The summed E-state index contributed by atoms with van der Waals surface area (Å²) in [5, 5.41) is 10.0. The second-order valence-corrected chi connectivity index (χ2v) is 13.4. The number of benzene rings is 9. The van der Waals surface area contributed by atoms with Crippen molar-refractivity contribution < 1.29 is 0 Å². The predicted molar refractivity (Wildman–Crippen MR) is 219 cm³/mol. The van der Waals surface area contributed by atoms with Gasteiger partial charge >= 0.3 is 0 Å². The molecule has 52 heavy (non-hydrogen) atoms. The van der Waals surface area contributed by atoms with Gasteiger partial charge in [-0.15, -0.1) is 0 Å². The quantitative estimate of drug-likeness (QED) is 0.136. The Balaban J connectivity index is 1.04. The lowest BCUT2D eigenvalue weighted by atomic mass is 9.89. The molecule has 242 valence electrons. The van der Waals surface area contributed by atoms with Crippen molar-refractivity contribution in [3.63, 3.8) is 0 Å². The second-order valence-electron chi connectivity index (χ2n) is 13.4. The van der Waals surface area contributed by atoms with Crippen LogP contribution in [-0.4, -0.2) is 9.97 Å². The van der Waals surface area contributed by atoms with Crippen LogP contribution in [0.25, 0.3) is 99.2 Å². The van der Waals surface area contributed by atoms with Gasteiger partial charge in [0.05, 0.1) is 11.4 Å². The Kier molecular flexibility index (Phi) is 7.18. The van der Waals surface area contributed by atoms with Crippen LogP contribution in [0.5, 0.6) is 0 Å². The number of rotatable bonds is 5. The van der Waals surface area contributed by atoms with E-state index >= 15 is 0 Å². The standard InChI is InChI=1S/C50H32N2/c1-2-13-39(14-3-1)50-51-47(32-48(52-50)44-20-10-16-35-11-4-7-17-41(35)44)37-25-21-33(22-26-37)34-23-27-38(28-24-34)49-43-19-9-6-15-40(43)31-46-42-18-8-5-12-36(42)29-30-45(46)49/h1-32H. The van der Waals surface area contributed by atoms with E-state index in [-0.39, 0.29) is 0 Å². The Morgan fingerprint density at radius 2 is 0.827 bits per heavy atom. The third-order valence-electron chi connectivity index (χ3n) is 10.3. The van der Waals surface area contributed by atoms with Crippen LogP contribution in [0.3, 0.4) is 0 Å². The highest BCUT2D eigenvalue weighted by molar-refractivity contribution is 6.20. The average Bonchev–Trinajstić information content (AvgIpc) is 3.23. The molecule has 0 saturated carbocycles. The third kappa shape index (κ3) is 5.21. The van der Waals surface area contributed by atoms with Crippen LogP contribution >= 0.6 is 0 Å². The Morgan fingerprint density at radius 1 is 0.269 bits per heavy atom. The number of nitrogens with zero attached hydrogens (tertiary/aromatic N) is 2. The fourth-order valence-corrected chi connectivity index (χ4v) is 7.69. The van der Waals surface area contributed by atoms with E-state index in [2.05, 4.69) is 176 Å². The van der Waals surface area contributed by atoms with Gasteiger partial charge in [0, 0.05) is 16.7 Å². The number of hydrogen-bond donors (Lipinski definition) is 0. The highest BCUT2D eigenvalue weighted by Crippen LogP contribution is 2.40. The van der Waals surface area contributed by atoms with E-state index in [0.717, 1.165) is 39.5 Å². The van der Waals surface area contributed by atoms with E-state index in [4.69, 9.17) is 9.97 Å². The minimum Gasteiger partial charge on any atom is -0.228 e. The third-order valence-corrected chi connectivity index (χ3v) is 10.3. The Bertz CT molecular complexity index is 2920. The molecule has 2 heteroatoms. The molecular formula is C50H32N2. The molecule has 0 aliphatic heterocycles. The highest BCUT2D eigenvalue weighted by atomic mass is 14.9. The first-order valence-corrected chi connectivity index (χ1v) is 17.7.